The molecule has 0 N–H and O–H groups in total. The molecule has 0 radical (unpaired) electrons. The summed E-state index contributed by atoms with van der Waals surface area (Å²) in [4.78, 5) is 38.1. The van der Waals surface area contributed by atoms with E-state index in [1.807, 2.05) is 0 Å². The van der Waals surface area contributed by atoms with Gasteiger partial charge in [-0.05, 0) is 44.9 Å². The van der Waals surface area contributed by atoms with Crippen molar-refractivity contribution in [2.75, 3.05) is 13.2 Å². The SMILES string of the molecule is CCCCCCCC/C=C\CCCCCCCCCCCC(=O)OC[C@@H](COC(=O)CCCCCCCCCCCCCCC)OC(=O)CCCCCCCCCCCCCCCCC. The van der Waals surface area contributed by atoms with Gasteiger partial charge in [-0.1, -0.05) is 277 Å². The molecule has 1 atom stereocenters. The first-order valence-electron chi connectivity index (χ1n) is 29.2. The highest BCUT2D eigenvalue weighted by atomic mass is 16.6. The van der Waals surface area contributed by atoms with Gasteiger partial charge < -0.3 is 14.2 Å². The molecule has 0 spiro atoms. The molecule has 0 unspecified atom stereocenters. The summed E-state index contributed by atoms with van der Waals surface area (Å²) in [5.74, 6) is -0.842. The molecule has 0 saturated heterocycles. The van der Waals surface area contributed by atoms with Crippen molar-refractivity contribution >= 4 is 17.9 Å². The molecule has 0 rings (SSSR count). The van der Waals surface area contributed by atoms with Gasteiger partial charge in [-0.15, -0.1) is 0 Å². The highest BCUT2D eigenvalue weighted by Gasteiger charge is 2.19. The molecule has 0 aromatic carbocycles. The Morgan fingerprint density at radius 2 is 0.508 bits per heavy atom. The highest BCUT2D eigenvalue weighted by molar-refractivity contribution is 5.71. The summed E-state index contributed by atoms with van der Waals surface area (Å²) < 4.78 is 16.9. The van der Waals surface area contributed by atoms with Gasteiger partial charge in [-0.25, -0.2) is 0 Å². The molecule has 384 valence electrons. The lowest BCUT2D eigenvalue weighted by atomic mass is 10.0. The lowest BCUT2D eigenvalue weighted by Gasteiger charge is -2.18. The molecule has 0 saturated carbocycles. The molecular formula is C59H112O6. The average Bonchev–Trinajstić information content (AvgIpc) is 3.30. The summed E-state index contributed by atoms with van der Waals surface area (Å²) in [6.07, 6.45) is 62.0. The number of carbonyl (C=O) groups excluding carboxylic acids is 3. The summed E-state index contributed by atoms with van der Waals surface area (Å²) in [6, 6.07) is 0. The predicted molar refractivity (Wildman–Crippen MR) is 280 cm³/mol. The third-order valence-electron chi connectivity index (χ3n) is 13.3. The Morgan fingerprint density at radius 3 is 0.769 bits per heavy atom. The van der Waals surface area contributed by atoms with Crippen molar-refractivity contribution in [1.82, 2.24) is 0 Å². The molecule has 0 aliphatic rings. The van der Waals surface area contributed by atoms with Crippen molar-refractivity contribution in [3.8, 4) is 0 Å². The number of ether oxygens (including phenoxy) is 3. The first-order valence-corrected chi connectivity index (χ1v) is 29.2. The summed E-state index contributed by atoms with van der Waals surface area (Å²) in [7, 11) is 0. The monoisotopic (exact) mass is 917 g/mol. The Bertz CT molecular complexity index is 1010. The molecule has 65 heavy (non-hydrogen) atoms. The van der Waals surface area contributed by atoms with Gasteiger partial charge in [-0.3, -0.25) is 14.4 Å². The Morgan fingerprint density at radius 1 is 0.292 bits per heavy atom. The van der Waals surface area contributed by atoms with Gasteiger partial charge in [0.2, 0.25) is 0 Å². The van der Waals surface area contributed by atoms with Gasteiger partial charge in [0, 0.05) is 19.3 Å². The molecule has 0 bridgehead atoms. The molecule has 0 aliphatic heterocycles. The summed E-state index contributed by atoms with van der Waals surface area (Å²) in [6.45, 7) is 6.69. The number of carbonyl (C=O) groups is 3. The number of esters is 3. The maximum absolute atomic E-state index is 12.8. The van der Waals surface area contributed by atoms with Crippen LogP contribution >= 0.6 is 0 Å². The van der Waals surface area contributed by atoms with Crippen LogP contribution in [0.4, 0.5) is 0 Å². The van der Waals surface area contributed by atoms with Crippen molar-refractivity contribution in [3.05, 3.63) is 12.2 Å². The smallest absolute Gasteiger partial charge is 0.306 e. The van der Waals surface area contributed by atoms with Gasteiger partial charge in [0.1, 0.15) is 13.2 Å². The van der Waals surface area contributed by atoms with E-state index in [9.17, 15) is 14.4 Å². The van der Waals surface area contributed by atoms with Gasteiger partial charge in [-0.2, -0.15) is 0 Å². The fourth-order valence-corrected chi connectivity index (χ4v) is 8.85. The molecule has 0 aliphatic carbocycles. The van der Waals surface area contributed by atoms with Crippen LogP contribution in [0.5, 0.6) is 0 Å². The maximum Gasteiger partial charge on any atom is 0.306 e. The summed E-state index contributed by atoms with van der Waals surface area (Å²) in [5.41, 5.74) is 0. The zero-order valence-corrected chi connectivity index (χ0v) is 44.0. The molecule has 0 amide bonds. The molecule has 0 fully saturated rings. The normalized spacial score (nSPS) is 12.0. The van der Waals surface area contributed by atoms with Crippen LogP contribution in [-0.2, 0) is 28.6 Å². The summed E-state index contributed by atoms with van der Waals surface area (Å²) in [5, 5.41) is 0. The zero-order valence-electron chi connectivity index (χ0n) is 44.0. The standard InChI is InChI=1S/C59H112O6/c1-4-7-10-13-16-19-22-25-27-28-29-30-32-34-37-40-43-46-49-52-58(61)64-55-56(54-63-57(60)51-48-45-42-39-36-33-24-21-18-15-12-9-6-3)65-59(62)53-50-47-44-41-38-35-31-26-23-20-17-14-11-8-5-2/h25,27,56H,4-24,26,28-55H2,1-3H3/b27-25-/t56-/m1/s1. The first-order chi connectivity index (χ1) is 32.0. The fraction of sp³-hybridized carbons (Fsp3) is 0.915. The van der Waals surface area contributed by atoms with Crippen LogP contribution < -0.4 is 0 Å². The molecule has 0 heterocycles. The van der Waals surface area contributed by atoms with E-state index in [0.717, 1.165) is 57.8 Å². The van der Waals surface area contributed by atoms with Crippen molar-refractivity contribution in [1.29, 1.82) is 0 Å². The van der Waals surface area contributed by atoms with E-state index in [1.54, 1.807) is 0 Å². The number of allylic oxidation sites excluding steroid dienone is 2. The number of hydrogen-bond donors (Lipinski definition) is 0. The topological polar surface area (TPSA) is 78.9 Å². The molecule has 0 aromatic heterocycles. The minimum absolute atomic E-state index is 0.0644. The zero-order chi connectivity index (χ0) is 47.2. The Balaban J connectivity index is 4.29. The lowest BCUT2D eigenvalue weighted by molar-refractivity contribution is -0.167. The predicted octanol–water partition coefficient (Wildman–Crippen LogP) is 19.3. The Hall–Kier alpha value is -1.85. The van der Waals surface area contributed by atoms with Gasteiger partial charge in [0.25, 0.3) is 0 Å². The Kier molecular flexibility index (Phi) is 53.2. The number of rotatable bonds is 54. The largest absolute Gasteiger partial charge is 0.462 e. The van der Waals surface area contributed by atoms with Gasteiger partial charge in [0.05, 0.1) is 0 Å². The van der Waals surface area contributed by atoms with Crippen LogP contribution in [0.3, 0.4) is 0 Å². The van der Waals surface area contributed by atoms with Crippen LogP contribution in [0.1, 0.15) is 329 Å². The van der Waals surface area contributed by atoms with E-state index in [-0.39, 0.29) is 31.1 Å². The lowest BCUT2D eigenvalue weighted by Crippen LogP contribution is -2.30. The molecule has 0 aromatic rings. The quantitative estimate of drug-likeness (QED) is 0.0262. The third kappa shape index (κ3) is 53.0. The van der Waals surface area contributed by atoms with Crippen LogP contribution in [0.25, 0.3) is 0 Å². The van der Waals surface area contributed by atoms with Gasteiger partial charge >= 0.3 is 17.9 Å². The van der Waals surface area contributed by atoms with E-state index in [0.29, 0.717) is 19.3 Å². The Labute approximate surface area is 405 Å². The number of unbranched alkanes of at least 4 members (excludes halogenated alkanes) is 41. The van der Waals surface area contributed by atoms with E-state index in [2.05, 4.69) is 32.9 Å². The van der Waals surface area contributed by atoms with Gasteiger partial charge in [0.15, 0.2) is 6.10 Å². The molecular weight excluding hydrogens is 805 g/mol. The van der Waals surface area contributed by atoms with E-state index < -0.39 is 6.10 Å². The minimum atomic E-state index is -0.764. The second-order valence-corrected chi connectivity index (χ2v) is 19.9. The van der Waals surface area contributed by atoms with Crippen LogP contribution in [0.2, 0.25) is 0 Å². The van der Waals surface area contributed by atoms with E-state index in [1.165, 1.54) is 231 Å². The van der Waals surface area contributed by atoms with Crippen molar-refractivity contribution in [2.24, 2.45) is 0 Å². The highest BCUT2D eigenvalue weighted by Crippen LogP contribution is 2.17. The number of hydrogen-bond acceptors (Lipinski definition) is 6. The second-order valence-electron chi connectivity index (χ2n) is 19.9. The average molecular weight is 918 g/mol. The second kappa shape index (κ2) is 54.8. The van der Waals surface area contributed by atoms with Crippen molar-refractivity contribution in [3.63, 3.8) is 0 Å². The summed E-state index contributed by atoms with van der Waals surface area (Å²) >= 11 is 0. The molecule has 6 heteroatoms. The third-order valence-corrected chi connectivity index (χ3v) is 13.3. The maximum atomic E-state index is 12.8. The molecule has 6 nitrogen and oxygen atoms in total. The first kappa shape index (κ1) is 63.1. The minimum Gasteiger partial charge on any atom is -0.462 e. The fourth-order valence-electron chi connectivity index (χ4n) is 8.85. The van der Waals surface area contributed by atoms with E-state index >= 15 is 0 Å². The van der Waals surface area contributed by atoms with Crippen molar-refractivity contribution < 1.29 is 28.6 Å². The van der Waals surface area contributed by atoms with Crippen LogP contribution in [-0.4, -0.2) is 37.2 Å². The van der Waals surface area contributed by atoms with Crippen LogP contribution in [0.15, 0.2) is 12.2 Å². The van der Waals surface area contributed by atoms with Crippen molar-refractivity contribution in [2.45, 2.75) is 335 Å². The van der Waals surface area contributed by atoms with Crippen LogP contribution in [0, 0.1) is 0 Å². The van der Waals surface area contributed by atoms with E-state index in [4.69, 9.17) is 14.2 Å².